The van der Waals surface area contributed by atoms with Gasteiger partial charge in [-0.15, -0.1) is 0 Å². The number of carbonyl (C=O) groups excluding carboxylic acids is 2. The summed E-state index contributed by atoms with van der Waals surface area (Å²) in [7, 11) is 3.34. The van der Waals surface area contributed by atoms with Gasteiger partial charge in [0.05, 0.1) is 11.9 Å². The second kappa shape index (κ2) is 10.9. The topological polar surface area (TPSA) is 104 Å². The van der Waals surface area contributed by atoms with E-state index in [4.69, 9.17) is 0 Å². The van der Waals surface area contributed by atoms with E-state index in [1.54, 1.807) is 50.5 Å². The van der Waals surface area contributed by atoms with Crippen molar-refractivity contribution in [1.29, 1.82) is 0 Å². The molecule has 0 aromatic heterocycles. The molecule has 7 heteroatoms. The van der Waals surface area contributed by atoms with Crippen molar-refractivity contribution in [3.05, 3.63) is 59.7 Å². The first kappa shape index (κ1) is 21.2. The zero-order valence-electron chi connectivity index (χ0n) is 13.0. The van der Waals surface area contributed by atoms with Gasteiger partial charge in [0.2, 0.25) is 0 Å². The fraction of sp³-hybridized carbons (Fsp3) is 0.125. The van der Waals surface area contributed by atoms with Gasteiger partial charge < -0.3 is 30.4 Å². The Balaban J connectivity index is 0.000000403. The summed E-state index contributed by atoms with van der Waals surface area (Å²) in [4.78, 5) is 20.9. The van der Waals surface area contributed by atoms with E-state index < -0.39 is 11.9 Å². The van der Waals surface area contributed by atoms with E-state index in [1.165, 1.54) is 12.1 Å². The monoisotopic (exact) mass is 340 g/mol. The van der Waals surface area contributed by atoms with Crippen molar-refractivity contribution < 1.29 is 19.8 Å². The molecule has 0 amide bonds. The smallest absolute Gasteiger partial charge is 0.545 e. The number of carbonyl (C=O) groups is 2. The minimum absolute atomic E-state index is 0. The number of carboxylic acids is 2. The summed E-state index contributed by atoms with van der Waals surface area (Å²) in [5.74, 6) is -2.31. The average Bonchev–Trinajstić information content (AvgIpc) is 2.55. The summed E-state index contributed by atoms with van der Waals surface area (Å²) in [6.45, 7) is 0. The van der Waals surface area contributed by atoms with Gasteiger partial charge in [-0.25, -0.2) is 0 Å². The van der Waals surface area contributed by atoms with Crippen LogP contribution in [0.25, 0.3) is 0 Å². The van der Waals surface area contributed by atoms with Crippen molar-refractivity contribution in [2.45, 2.75) is 0 Å². The quantitative estimate of drug-likeness (QED) is 0.747. The van der Waals surface area contributed by atoms with Crippen molar-refractivity contribution in [3.8, 4) is 0 Å². The summed E-state index contributed by atoms with van der Waals surface area (Å²) in [5.41, 5.74) is 1.53. The number of rotatable bonds is 4. The van der Waals surface area contributed by atoms with E-state index in [-0.39, 0.29) is 48.9 Å². The van der Waals surface area contributed by atoms with E-state index in [1.807, 2.05) is 0 Å². The predicted octanol–water partition coefficient (Wildman–Crippen LogP) is -0.197. The number of anilines is 2. The molecule has 0 saturated carbocycles. The van der Waals surface area contributed by atoms with Gasteiger partial charge in [-0.1, -0.05) is 36.4 Å². The van der Waals surface area contributed by atoms with Crippen LogP contribution in [0.4, 0.5) is 11.4 Å². The molecule has 0 unspecified atom stereocenters. The van der Waals surface area contributed by atoms with Gasteiger partial charge in [-0.05, 0) is 12.1 Å². The molecule has 0 radical (unpaired) electrons. The number of hydrogen-bond acceptors (Lipinski definition) is 6. The Morgan fingerprint density at radius 1 is 0.739 bits per heavy atom. The first-order valence-electron chi connectivity index (χ1n) is 6.47. The third-order valence-corrected chi connectivity index (χ3v) is 2.83. The number of hydrogen-bond donors (Lipinski definition) is 2. The Kier molecular flexibility index (Phi) is 10.0. The van der Waals surface area contributed by atoms with Crippen LogP contribution in [0.3, 0.4) is 0 Å². The average molecular weight is 340 g/mol. The van der Waals surface area contributed by atoms with E-state index in [2.05, 4.69) is 10.6 Å². The van der Waals surface area contributed by atoms with E-state index in [9.17, 15) is 19.8 Å². The van der Waals surface area contributed by atoms with Crippen LogP contribution in [0.5, 0.6) is 0 Å². The molecule has 2 N–H and O–H groups in total. The Hall–Kier alpha value is -1.76. The van der Waals surface area contributed by atoms with Crippen LogP contribution < -0.4 is 20.8 Å². The van der Waals surface area contributed by atoms with Crippen molar-refractivity contribution in [2.75, 3.05) is 24.7 Å². The second-order valence-electron chi connectivity index (χ2n) is 4.17. The molecule has 2 aromatic carbocycles. The first-order valence-corrected chi connectivity index (χ1v) is 6.47. The largest absolute Gasteiger partial charge is 2.00 e. The first-order chi connectivity index (χ1) is 10.5. The molecule has 2 rings (SSSR count). The molecule has 0 aliphatic rings. The predicted molar refractivity (Wildman–Crippen MR) is 86.4 cm³/mol. The van der Waals surface area contributed by atoms with Crippen molar-refractivity contribution >= 4 is 61.1 Å². The Morgan fingerprint density at radius 2 is 1.04 bits per heavy atom. The van der Waals surface area contributed by atoms with Crippen LogP contribution in [-0.2, 0) is 0 Å². The number of para-hydroxylation sites is 2. The molecule has 0 aliphatic carbocycles. The normalized spacial score (nSPS) is 8.78. The van der Waals surface area contributed by atoms with Crippen molar-refractivity contribution in [1.82, 2.24) is 0 Å². The van der Waals surface area contributed by atoms with Crippen LogP contribution in [0, 0.1) is 0 Å². The van der Waals surface area contributed by atoms with Gasteiger partial charge in [0, 0.05) is 36.6 Å². The molecular formula is C16H16CaN2O4. The Labute approximate surface area is 164 Å². The zero-order valence-corrected chi connectivity index (χ0v) is 15.2. The standard InChI is InChI=1S/2C8H9NO2.Ca/c2*1-9-7-5-3-2-4-6(7)8(10)11;/h2*2-5,9H,1H3,(H,10,11);/q;;+2/p-2. The molecule has 6 nitrogen and oxygen atoms in total. The van der Waals surface area contributed by atoms with Gasteiger partial charge in [0.1, 0.15) is 0 Å². The molecule has 2 aromatic rings. The van der Waals surface area contributed by atoms with Crippen molar-refractivity contribution in [3.63, 3.8) is 0 Å². The number of aromatic carboxylic acids is 2. The maximum atomic E-state index is 10.4. The van der Waals surface area contributed by atoms with Crippen LogP contribution in [0.15, 0.2) is 48.5 Å². The fourth-order valence-electron chi connectivity index (χ4n) is 1.76. The summed E-state index contributed by atoms with van der Waals surface area (Å²) in [5, 5.41) is 26.4. The van der Waals surface area contributed by atoms with Crippen LogP contribution >= 0.6 is 0 Å². The molecule has 0 aliphatic heterocycles. The second-order valence-corrected chi connectivity index (χ2v) is 4.17. The van der Waals surface area contributed by atoms with Gasteiger partial charge in [-0.2, -0.15) is 0 Å². The summed E-state index contributed by atoms with van der Waals surface area (Å²) < 4.78 is 0. The summed E-state index contributed by atoms with van der Waals surface area (Å²) >= 11 is 0. The van der Waals surface area contributed by atoms with E-state index in [0.29, 0.717) is 11.4 Å². The van der Waals surface area contributed by atoms with E-state index >= 15 is 0 Å². The molecule has 0 heterocycles. The SMILES string of the molecule is CNc1ccccc1C(=O)[O-].CNc1ccccc1C(=O)[O-].[Ca+2]. The van der Waals surface area contributed by atoms with Crippen LogP contribution in [0.2, 0.25) is 0 Å². The molecule has 0 spiro atoms. The molecule has 0 saturated heterocycles. The summed E-state index contributed by atoms with van der Waals surface area (Å²) in [6.07, 6.45) is 0. The third kappa shape index (κ3) is 6.48. The van der Waals surface area contributed by atoms with E-state index in [0.717, 1.165) is 0 Å². The Morgan fingerprint density at radius 3 is 1.26 bits per heavy atom. The molecule has 0 atom stereocenters. The fourth-order valence-corrected chi connectivity index (χ4v) is 1.76. The minimum atomic E-state index is -1.16. The zero-order chi connectivity index (χ0) is 16.5. The number of benzene rings is 2. The molecule has 0 fully saturated rings. The number of carboxylic acid groups (broad SMARTS) is 2. The van der Waals surface area contributed by atoms with Gasteiger partial charge in [0.15, 0.2) is 0 Å². The molecule has 0 bridgehead atoms. The molecule has 116 valence electrons. The maximum absolute atomic E-state index is 10.4. The maximum Gasteiger partial charge on any atom is 2.00 e. The van der Waals surface area contributed by atoms with Crippen LogP contribution in [0.1, 0.15) is 20.7 Å². The van der Waals surface area contributed by atoms with Gasteiger partial charge >= 0.3 is 37.7 Å². The Bertz CT molecular complexity index is 605. The van der Waals surface area contributed by atoms with Gasteiger partial charge in [0.25, 0.3) is 0 Å². The summed E-state index contributed by atoms with van der Waals surface area (Å²) in [6, 6.07) is 13.2. The van der Waals surface area contributed by atoms with Crippen molar-refractivity contribution in [2.24, 2.45) is 0 Å². The minimum Gasteiger partial charge on any atom is -0.545 e. The molecule has 23 heavy (non-hydrogen) atoms. The van der Waals surface area contributed by atoms with Crippen LogP contribution in [-0.4, -0.2) is 63.8 Å². The number of nitrogens with one attached hydrogen (secondary N) is 2. The van der Waals surface area contributed by atoms with Gasteiger partial charge in [-0.3, -0.25) is 0 Å². The third-order valence-electron chi connectivity index (χ3n) is 2.83. The molecular weight excluding hydrogens is 324 g/mol.